The van der Waals surface area contributed by atoms with Crippen LogP contribution in [0.4, 0.5) is 5.95 Å². The van der Waals surface area contributed by atoms with Crippen LogP contribution in [-0.4, -0.2) is 45.8 Å². The van der Waals surface area contributed by atoms with Crippen LogP contribution in [-0.2, 0) is 0 Å². The Balaban J connectivity index is 1.91. The zero-order valence-corrected chi connectivity index (χ0v) is 16.9. The molecular weight excluding hydrogens is 360 g/mol. The maximum absolute atomic E-state index is 6.09. The zero-order chi connectivity index (χ0) is 19.4. The van der Waals surface area contributed by atoms with Crippen molar-refractivity contribution in [1.82, 2.24) is 20.1 Å². The number of rotatable bonds is 5. The van der Waals surface area contributed by atoms with Crippen molar-refractivity contribution < 1.29 is 0 Å². The second kappa shape index (κ2) is 8.67. The van der Waals surface area contributed by atoms with E-state index in [4.69, 9.17) is 22.3 Å². The summed E-state index contributed by atoms with van der Waals surface area (Å²) < 4.78 is 0. The maximum Gasteiger partial charge on any atom is 0.243 e. The molecule has 1 unspecified atom stereocenters. The molecular formula is C20H27ClN6. The molecule has 1 fully saturated rings. The first-order chi connectivity index (χ1) is 13.0. The van der Waals surface area contributed by atoms with Crippen LogP contribution in [0.25, 0.3) is 17.3 Å². The van der Waals surface area contributed by atoms with Crippen LogP contribution >= 0.6 is 11.6 Å². The van der Waals surface area contributed by atoms with Crippen molar-refractivity contribution in [2.45, 2.75) is 39.7 Å². The minimum Gasteiger partial charge on any atom is -0.402 e. The number of piperidine rings is 1. The molecule has 3 rings (SSSR count). The number of likely N-dealkylation sites (N-methyl/N-ethyl adjacent to an activating group) is 1. The van der Waals surface area contributed by atoms with Gasteiger partial charge in [-0.3, -0.25) is 0 Å². The van der Waals surface area contributed by atoms with Gasteiger partial charge in [0.1, 0.15) is 5.69 Å². The normalized spacial score (nSPS) is 18.5. The number of nitrogens with two attached hydrogens (primary N) is 1. The Bertz CT molecular complexity index is 831. The first-order valence-corrected chi connectivity index (χ1v) is 9.78. The van der Waals surface area contributed by atoms with Gasteiger partial charge in [-0.2, -0.15) is 0 Å². The minimum atomic E-state index is 0.333. The molecule has 3 N–H and O–H groups in total. The van der Waals surface area contributed by atoms with Gasteiger partial charge in [-0.15, -0.1) is 10.2 Å². The number of allylic oxidation sites excluding steroid dienone is 1. The number of likely N-dealkylation sites (tertiary alicyclic amines) is 1. The van der Waals surface area contributed by atoms with Crippen LogP contribution in [0, 0.1) is 6.92 Å². The average Bonchev–Trinajstić information content (AvgIpc) is 2.62. The van der Waals surface area contributed by atoms with Gasteiger partial charge in [0.2, 0.25) is 5.95 Å². The lowest BCUT2D eigenvalue weighted by molar-refractivity contribution is 0.226. The smallest absolute Gasteiger partial charge is 0.243 e. The fourth-order valence-electron chi connectivity index (χ4n) is 3.44. The quantitative estimate of drug-likeness (QED) is 0.815. The Morgan fingerprint density at radius 3 is 2.93 bits per heavy atom. The first-order valence-electron chi connectivity index (χ1n) is 9.40. The van der Waals surface area contributed by atoms with Crippen molar-refractivity contribution in [3.63, 3.8) is 0 Å². The van der Waals surface area contributed by atoms with Crippen LogP contribution in [0.15, 0.2) is 23.9 Å². The predicted molar refractivity (Wildman–Crippen MR) is 112 cm³/mol. The molecule has 0 bridgehead atoms. The molecule has 1 aliphatic heterocycles. The van der Waals surface area contributed by atoms with E-state index in [0.29, 0.717) is 34.1 Å². The van der Waals surface area contributed by atoms with E-state index in [1.165, 1.54) is 6.42 Å². The third-order valence-corrected chi connectivity index (χ3v) is 5.04. The van der Waals surface area contributed by atoms with E-state index in [1.807, 2.05) is 38.1 Å². The monoisotopic (exact) mass is 386 g/mol. The molecule has 144 valence electrons. The average molecular weight is 387 g/mol. The molecule has 2 aromatic rings. The third kappa shape index (κ3) is 4.96. The standard InChI is InChI=1S/C20H27ClN6/c1-4-27-9-5-6-16(12-27)23-20-24-18(11-14(3)22)19(25-26-20)17-8-7-15(21)10-13(17)2/h7-8,10-11,16H,4-6,9,12,22H2,1-3H3,(H,23,24,26). The van der Waals surface area contributed by atoms with Crippen molar-refractivity contribution in [2.24, 2.45) is 5.73 Å². The summed E-state index contributed by atoms with van der Waals surface area (Å²) in [7, 11) is 0. The largest absolute Gasteiger partial charge is 0.402 e. The van der Waals surface area contributed by atoms with Gasteiger partial charge in [-0.25, -0.2) is 4.98 Å². The Labute approximate surface area is 165 Å². The highest BCUT2D eigenvalue weighted by atomic mass is 35.5. The van der Waals surface area contributed by atoms with Crippen LogP contribution in [0.2, 0.25) is 5.02 Å². The molecule has 1 aromatic heterocycles. The molecule has 0 radical (unpaired) electrons. The lowest BCUT2D eigenvalue weighted by Crippen LogP contribution is -2.42. The summed E-state index contributed by atoms with van der Waals surface area (Å²) in [4.78, 5) is 7.14. The Morgan fingerprint density at radius 2 is 2.22 bits per heavy atom. The first kappa shape index (κ1) is 19.6. The van der Waals surface area contributed by atoms with Gasteiger partial charge in [-0.1, -0.05) is 24.6 Å². The molecule has 1 saturated heterocycles. The fraction of sp³-hybridized carbons (Fsp3) is 0.450. The molecule has 2 heterocycles. The number of aryl methyl sites for hydroxylation is 1. The summed E-state index contributed by atoms with van der Waals surface area (Å²) in [5, 5.41) is 12.9. The van der Waals surface area contributed by atoms with Gasteiger partial charge in [0.25, 0.3) is 0 Å². The molecule has 6 nitrogen and oxygen atoms in total. The zero-order valence-electron chi connectivity index (χ0n) is 16.2. The molecule has 0 aliphatic carbocycles. The number of benzene rings is 1. The maximum atomic E-state index is 6.09. The number of aromatic nitrogens is 3. The highest BCUT2D eigenvalue weighted by molar-refractivity contribution is 6.30. The number of hydrogen-bond acceptors (Lipinski definition) is 6. The van der Waals surface area contributed by atoms with Gasteiger partial charge < -0.3 is 16.0 Å². The Morgan fingerprint density at radius 1 is 1.41 bits per heavy atom. The second-order valence-corrected chi connectivity index (χ2v) is 7.53. The molecule has 1 atom stereocenters. The highest BCUT2D eigenvalue weighted by Crippen LogP contribution is 2.27. The fourth-order valence-corrected chi connectivity index (χ4v) is 3.67. The second-order valence-electron chi connectivity index (χ2n) is 7.09. The van der Waals surface area contributed by atoms with Gasteiger partial charge in [0.15, 0.2) is 0 Å². The van der Waals surface area contributed by atoms with Gasteiger partial charge >= 0.3 is 0 Å². The van der Waals surface area contributed by atoms with Crippen molar-refractivity contribution in [3.8, 4) is 11.3 Å². The molecule has 0 amide bonds. The van der Waals surface area contributed by atoms with Crippen LogP contribution in [0.3, 0.4) is 0 Å². The van der Waals surface area contributed by atoms with E-state index >= 15 is 0 Å². The Kier molecular flexibility index (Phi) is 6.29. The van der Waals surface area contributed by atoms with E-state index < -0.39 is 0 Å². The Hall–Kier alpha value is -2.18. The number of hydrogen-bond donors (Lipinski definition) is 2. The van der Waals surface area contributed by atoms with E-state index in [-0.39, 0.29) is 0 Å². The van der Waals surface area contributed by atoms with Gasteiger partial charge in [0.05, 0.1) is 5.69 Å². The summed E-state index contributed by atoms with van der Waals surface area (Å²) in [6.45, 7) is 9.25. The van der Waals surface area contributed by atoms with Crippen molar-refractivity contribution in [1.29, 1.82) is 0 Å². The SMILES string of the molecule is CCN1CCCC(Nc2nnc(-c3ccc(Cl)cc3C)c(C=C(C)N)n2)C1. The molecule has 7 heteroatoms. The lowest BCUT2D eigenvalue weighted by Gasteiger charge is -2.32. The molecule has 27 heavy (non-hydrogen) atoms. The third-order valence-electron chi connectivity index (χ3n) is 4.81. The van der Waals surface area contributed by atoms with Crippen LogP contribution in [0.5, 0.6) is 0 Å². The van der Waals surface area contributed by atoms with E-state index in [2.05, 4.69) is 27.3 Å². The topological polar surface area (TPSA) is 80.0 Å². The summed E-state index contributed by atoms with van der Waals surface area (Å²) in [5.74, 6) is 0.542. The summed E-state index contributed by atoms with van der Waals surface area (Å²) in [6.07, 6.45) is 4.12. The highest BCUT2D eigenvalue weighted by Gasteiger charge is 2.20. The van der Waals surface area contributed by atoms with Crippen LogP contribution < -0.4 is 11.1 Å². The molecule has 1 aliphatic rings. The van der Waals surface area contributed by atoms with Crippen LogP contribution in [0.1, 0.15) is 37.9 Å². The van der Waals surface area contributed by atoms with Crippen molar-refractivity contribution >= 4 is 23.6 Å². The number of halogens is 1. The summed E-state index contributed by atoms with van der Waals surface area (Å²) in [6, 6.07) is 6.04. The summed E-state index contributed by atoms with van der Waals surface area (Å²) >= 11 is 6.09. The number of anilines is 1. The lowest BCUT2D eigenvalue weighted by atomic mass is 10.0. The van der Waals surface area contributed by atoms with E-state index in [0.717, 1.165) is 37.2 Å². The number of nitrogens with one attached hydrogen (secondary N) is 1. The molecule has 0 saturated carbocycles. The number of nitrogens with zero attached hydrogens (tertiary/aromatic N) is 4. The van der Waals surface area contributed by atoms with Crippen molar-refractivity contribution in [3.05, 3.63) is 40.2 Å². The molecule has 0 spiro atoms. The minimum absolute atomic E-state index is 0.333. The molecule has 1 aromatic carbocycles. The predicted octanol–water partition coefficient (Wildman–Crippen LogP) is 3.72. The van der Waals surface area contributed by atoms with Gasteiger partial charge in [-0.05, 0) is 63.6 Å². The summed E-state index contributed by atoms with van der Waals surface area (Å²) in [5.41, 5.74) is 9.99. The van der Waals surface area contributed by atoms with E-state index in [9.17, 15) is 0 Å². The van der Waals surface area contributed by atoms with Crippen molar-refractivity contribution in [2.75, 3.05) is 25.0 Å². The van der Waals surface area contributed by atoms with Gasteiger partial charge in [0, 0.05) is 28.9 Å². The van der Waals surface area contributed by atoms with E-state index in [1.54, 1.807) is 0 Å².